The van der Waals surface area contributed by atoms with Crippen molar-refractivity contribution in [3.05, 3.63) is 35.9 Å². The third kappa shape index (κ3) is 5.53. The molecule has 2 rings (SSSR count). The molecule has 1 aromatic carbocycles. The number of likely N-dealkylation sites (N-methyl/N-ethyl adjacent to an activating group) is 1. The first-order valence-corrected chi connectivity index (χ1v) is 8.15. The monoisotopic (exact) mass is 376 g/mol. The third-order valence-electron chi connectivity index (χ3n) is 3.73. The van der Waals surface area contributed by atoms with Crippen molar-refractivity contribution in [3.8, 4) is 0 Å². The van der Waals surface area contributed by atoms with Gasteiger partial charge in [0.05, 0.1) is 0 Å². The van der Waals surface area contributed by atoms with Gasteiger partial charge in [0.2, 0.25) is 0 Å². The van der Waals surface area contributed by atoms with E-state index in [-0.39, 0.29) is 13.1 Å². The minimum absolute atomic E-state index is 0.121. The van der Waals surface area contributed by atoms with Crippen LogP contribution in [0.15, 0.2) is 30.3 Å². The number of amides is 6. The number of esters is 1. The van der Waals surface area contributed by atoms with E-state index in [9.17, 15) is 24.0 Å². The van der Waals surface area contributed by atoms with Gasteiger partial charge in [0.25, 0.3) is 11.8 Å². The molecule has 1 saturated heterocycles. The first-order chi connectivity index (χ1) is 12.8. The number of ether oxygens (including phenoxy) is 1. The quantitative estimate of drug-likeness (QED) is 0.525. The molecule has 0 aliphatic carbocycles. The molecule has 1 atom stereocenters. The van der Waals surface area contributed by atoms with Crippen molar-refractivity contribution >= 4 is 29.8 Å². The SMILES string of the molecule is C[C@H](OC(=O)CN1C(=O)CN(C)C1=O)C(=O)NC(=O)NCc1ccccc1. The van der Waals surface area contributed by atoms with Crippen molar-refractivity contribution in [2.45, 2.75) is 19.6 Å². The Balaban J connectivity index is 1.75. The number of nitrogens with zero attached hydrogens (tertiary/aromatic N) is 2. The molecule has 0 radical (unpaired) electrons. The smallest absolute Gasteiger partial charge is 0.327 e. The van der Waals surface area contributed by atoms with Crippen molar-refractivity contribution in [3.63, 3.8) is 0 Å². The summed E-state index contributed by atoms with van der Waals surface area (Å²) in [6.07, 6.45) is -1.27. The van der Waals surface area contributed by atoms with Crippen LogP contribution in [0.3, 0.4) is 0 Å². The Morgan fingerprint density at radius 3 is 2.44 bits per heavy atom. The summed E-state index contributed by atoms with van der Waals surface area (Å²) in [5.41, 5.74) is 0.851. The van der Waals surface area contributed by atoms with Crippen LogP contribution < -0.4 is 10.6 Å². The molecule has 0 saturated carbocycles. The van der Waals surface area contributed by atoms with Crippen LogP contribution in [0.5, 0.6) is 0 Å². The molecule has 10 heteroatoms. The number of carbonyl (C=O) groups is 5. The van der Waals surface area contributed by atoms with Crippen LogP contribution in [-0.4, -0.2) is 65.9 Å². The first kappa shape index (κ1) is 19.9. The minimum Gasteiger partial charge on any atom is -0.451 e. The molecule has 1 heterocycles. The van der Waals surface area contributed by atoms with Crippen molar-refractivity contribution in [1.82, 2.24) is 20.4 Å². The fourth-order valence-electron chi connectivity index (χ4n) is 2.28. The highest BCUT2D eigenvalue weighted by Gasteiger charge is 2.35. The van der Waals surface area contributed by atoms with Gasteiger partial charge >= 0.3 is 18.0 Å². The van der Waals surface area contributed by atoms with Gasteiger partial charge in [0.15, 0.2) is 6.10 Å². The van der Waals surface area contributed by atoms with Crippen molar-refractivity contribution in [1.29, 1.82) is 0 Å². The average Bonchev–Trinajstić information content (AvgIpc) is 2.87. The zero-order valence-corrected chi connectivity index (χ0v) is 14.9. The van der Waals surface area contributed by atoms with Crippen LogP contribution >= 0.6 is 0 Å². The average molecular weight is 376 g/mol. The topological polar surface area (TPSA) is 125 Å². The Morgan fingerprint density at radius 2 is 1.85 bits per heavy atom. The third-order valence-corrected chi connectivity index (χ3v) is 3.73. The summed E-state index contributed by atoms with van der Waals surface area (Å²) in [4.78, 5) is 60.7. The zero-order chi connectivity index (χ0) is 20.0. The van der Waals surface area contributed by atoms with E-state index in [4.69, 9.17) is 4.74 Å². The molecule has 1 aliphatic heterocycles. The Bertz CT molecular complexity index is 751. The lowest BCUT2D eigenvalue weighted by molar-refractivity contribution is -0.156. The highest BCUT2D eigenvalue weighted by atomic mass is 16.5. The summed E-state index contributed by atoms with van der Waals surface area (Å²) in [7, 11) is 1.43. The van der Waals surface area contributed by atoms with Crippen LogP contribution in [0.4, 0.5) is 9.59 Å². The molecule has 1 aromatic rings. The summed E-state index contributed by atoms with van der Waals surface area (Å²) in [6.45, 7) is 0.780. The lowest BCUT2D eigenvalue weighted by Gasteiger charge is -2.16. The number of carbonyl (C=O) groups excluding carboxylic acids is 5. The number of nitrogens with one attached hydrogen (secondary N) is 2. The van der Waals surface area contributed by atoms with Gasteiger partial charge in [-0.2, -0.15) is 0 Å². The number of urea groups is 2. The molecule has 6 amide bonds. The molecule has 0 unspecified atom stereocenters. The zero-order valence-electron chi connectivity index (χ0n) is 14.9. The number of imide groups is 2. The lowest BCUT2D eigenvalue weighted by atomic mass is 10.2. The van der Waals surface area contributed by atoms with Crippen LogP contribution in [0.1, 0.15) is 12.5 Å². The summed E-state index contributed by atoms with van der Waals surface area (Å²) >= 11 is 0. The van der Waals surface area contributed by atoms with Crippen molar-refractivity contribution in [2.75, 3.05) is 20.1 Å². The molecule has 0 bridgehead atoms. The Kier molecular flexibility index (Phi) is 6.47. The second-order valence-corrected chi connectivity index (χ2v) is 5.91. The van der Waals surface area contributed by atoms with E-state index in [1.807, 2.05) is 30.3 Å². The standard InChI is InChI=1S/C17H20N4O6/c1-11(27-14(23)10-21-13(22)9-20(2)17(21)26)15(24)19-16(25)18-8-12-6-4-3-5-7-12/h3-7,11H,8-10H2,1-2H3,(H2,18,19,24,25)/t11-/m0/s1. The Labute approximate surface area is 155 Å². The van der Waals surface area contributed by atoms with Gasteiger partial charge < -0.3 is 15.0 Å². The van der Waals surface area contributed by atoms with Crippen LogP contribution in [0, 0.1) is 0 Å². The maximum atomic E-state index is 11.9. The van der Waals surface area contributed by atoms with E-state index >= 15 is 0 Å². The van der Waals surface area contributed by atoms with Gasteiger partial charge in [-0.25, -0.2) is 9.59 Å². The summed E-state index contributed by atoms with van der Waals surface area (Å²) in [5.74, 6) is -2.29. The van der Waals surface area contributed by atoms with Crippen molar-refractivity contribution in [2.24, 2.45) is 0 Å². The number of hydrogen-bond acceptors (Lipinski definition) is 6. The van der Waals surface area contributed by atoms with Gasteiger partial charge in [-0.3, -0.25) is 24.6 Å². The van der Waals surface area contributed by atoms with E-state index in [1.165, 1.54) is 14.0 Å². The van der Waals surface area contributed by atoms with Gasteiger partial charge in [0, 0.05) is 13.6 Å². The molecule has 144 valence electrons. The van der Waals surface area contributed by atoms with E-state index in [1.54, 1.807) is 0 Å². The highest BCUT2D eigenvalue weighted by molar-refractivity contribution is 6.04. The van der Waals surface area contributed by atoms with E-state index in [0.29, 0.717) is 0 Å². The molecular weight excluding hydrogens is 356 g/mol. The number of benzene rings is 1. The van der Waals surface area contributed by atoms with Gasteiger partial charge in [-0.1, -0.05) is 30.3 Å². The lowest BCUT2D eigenvalue weighted by Crippen LogP contribution is -2.45. The highest BCUT2D eigenvalue weighted by Crippen LogP contribution is 2.08. The largest absolute Gasteiger partial charge is 0.451 e. The molecule has 10 nitrogen and oxygen atoms in total. The van der Waals surface area contributed by atoms with Crippen LogP contribution in [0.2, 0.25) is 0 Å². The number of rotatable bonds is 6. The molecule has 1 aliphatic rings. The predicted octanol–water partition coefficient (Wildman–Crippen LogP) is -0.162. The Hall–Kier alpha value is -3.43. The molecule has 2 N–H and O–H groups in total. The molecule has 27 heavy (non-hydrogen) atoms. The van der Waals surface area contributed by atoms with Crippen LogP contribution in [0.25, 0.3) is 0 Å². The molecule has 0 spiro atoms. The van der Waals surface area contributed by atoms with Gasteiger partial charge in [-0.15, -0.1) is 0 Å². The fraction of sp³-hybridized carbons (Fsp3) is 0.353. The fourth-order valence-corrected chi connectivity index (χ4v) is 2.28. The molecule has 0 aromatic heterocycles. The van der Waals surface area contributed by atoms with Crippen molar-refractivity contribution < 1.29 is 28.7 Å². The van der Waals surface area contributed by atoms with E-state index in [0.717, 1.165) is 15.4 Å². The second-order valence-electron chi connectivity index (χ2n) is 5.91. The number of hydrogen-bond donors (Lipinski definition) is 2. The van der Waals surface area contributed by atoms with E-state index < -0.39 is 42.5 Å². The van der Waals surface area contributed by atoms with Crippen LogP contribution in [-0.2, 0) is 25.7 Å². The second kappa shape index (κ2) is 8.79. The first-order valence-electron chi connectivity index (χ1n) is 8.15. The van der Waals surface area contributed by atoms with E-state index in [2.05, 4.69) is 10.6 Å². The Morgan fingerprint density at radius 1 is 1.19 bits per heavy atom. The maximum absolute atomic E-state index is 11.9. The molecule has 1 fully saturated rings. The van der Waals surface area contributed by atoms with Gasteiger partial charge in [-0.05, 0) is 12.5 Å². The molecular formula is C17H20N4O6. The summed E-state index contributed by atoms with van der Waals surface area (Å²) in [6, 6.07) is 7.73. The minimum atomic E-state index is -1.27. The maximum Gasteiger partial charge on any atom is 0.327 e. The summed E-state index contributed by atoms with van der Waals surface area (Å²) < 4.78 is 4.87. The van der Waals surface area contributed by atoms with Gasteiger partial charge in [0.1, 0.15) is 13.1 Å². The normalized spacial score (nSPS) is 14.7. The summed E-state index contributed by atoms with van der Waals surface area (Å²) in [5, 5.41) is 4.55. The predicted molar refractivity (Wildman–Crippen MR) is 92.1 cm³/mol.